The van der Waals surface area contributed by atoms with Gasteiger partial charge in [0.1, 0.15) is 0 Å². The van der Waals surface area contributed by atoms with Gasteiger partial charge in [0.15, 0.2) is 0 Å². The van der Waals surface area contributed by atoms with Crippen molar-refractivity contribution in [3.05, 3.63) is 23.8 Å². The third-order valence-electron chi connectivity index (χ3n) is 4.24. The maximum atomic E-state index is 12.0. The van der Waals surface area contributed by atoms with Gasteiger partial charge in [-0.25, -0.2) is 0 Å². The van der Waals surface area contributed by atoms with Gasteiger partial charge in [-0.3, -0.25) is 9.69 Å². The Morgan fingerprint density at radius 3 is 2.71 bits per heavy atom. The number of hydrogen-bond donors (Lipinski definition) is 3. The number of carbonyl (C=O) groups excluding carboxylic acids is 1. The molecule has 5 heteroatoms. The Morgan fingerprint density at radius 1 is 1.48 bits per heavy atom. The standard InChI is InChI=1S/C16H25N3O2/c1-11-3-4-14(9-15(11)17)18-16(21)10-19-7-5-13(6-8-19)12(2)20/h3-4,9,12-13,20H,5-8,10,17H2,1-2H3,(H,18,21). The number of aliphatic hydroxyl groups is 1. The van der Waals surface area contributed by atoms with Crippen molar-refractivity contribution in [2.24, 2.45) is 5.92 Å². The van der Waals surface area contributed by atoms with E-state index in [-0.39, 0.29) is 12.0 Å². The number of benzene rings is 1. The third-order valence-corrected chi connectivity index (χ3v) is 4.24. The lowest BCUT2D eigenvalue weighted by atomic mass is 9.92. The van der Waals surface area contributed by atoms with Gasteiger partial charge in [-0.05, 0) is 63.4 Å². The first-order valence-electron chi connectivity index (χ1n) is 7.52. The Morgan fingerprint density at radius 2 is 2.14 bits per heavy atom. The van der Waals surface area contributed by atoms with Crippen LogP contribution in [0.5, 0.6) is 0 Å². The molecule has 5 nitrogen and oxygen atoms in total. The molecule has 21 heavy (non-hydrogen) atoms. The Kier molecular flexibility index (Phi) is 5.20. The van der Waals surface area contributed by atoms with Crippen molar-refractivity contribution in [2.45, 2.75) is 32.8 Å². The number of hydrogen-bond acceptors (Lipinski definition) is 4. The Hall–Kier alpha value is -1.59. The second-order valence-corrected chi connectivity index (χ2v) is 5.97. The summed E-state index contributed by atoms with van der Waals surface area (Å²) < 4.78 is 0. The van der Waals surface area contributed by atoms with Crippen LogP contribution >= 0.6 is 0 Å². The molecule has 2 rings (SSSR count). The zero-order valence-electron chi connectivity index (χ0n) is 12.8. The number of aliphatic hydroxyl groups excluding tert-OH is 1. The summed E-state index contributed by atoms with van der Waals surface area (Å²) in [6.07, 6.45) is 1.64. The molecule has 0 spiro atoms. The highest BCUT2D eigenvalue weighted by Gasteiger charge is 2.23. The first kappa shape index (κ1) is 15.8. The van der Waals surface area contributed by atoms with Gasteiger partial charge in [-0.1, -0.05) is 6.07 Å². The highest BCUT2D eigenvalue weighted by atomic mass is 16.3. The van der Waals surface area contributed by atoms with Gasteiger partial charge in [0.2, 0.25) is 5.91 Å². The number of nitrogen functional groups attached to an aromatic ring is 1. The monoisotopic (exact) mass is 291 g/mol. The summed E-state index contributed by atoms with van der Waals surface area (Å²) >= 11 is 0. The van der Waals surface area contributed by atoms with Crippen LogP contribution in [0.25, 0.3) is 0 Å². The molecule has 1 amide bonds. The molecule has 116 valence electrons. The number of carbonyl (C=O) groups is 1. The molecule has 0 aromatic heterocycles. The van der Waals surface area contributed by atoms with Gasteiger partial charge in [0.25, 0.3) is 0 Å². The minimum absolute atomic E-state index is 0.0197. The number of aryl methyl sites for hydroxylation is 1. The molecule has 1 fully saturated rings. The van der Waals surface area contributed by atoms with E-state index in [0.717, 1.165) is 37.2 Å². The van der Waals surface area contributed by atoms with E-state index in [1.165, 1.54) is 0 Å². The van der Waals surface area contributed by atoms with E-state index in [1.807, 2.05) is 26.0 Å². The van der Waals surface area contributed by atoms with Crippen LogP contribution in [0.15, 0.2) is 18.2 Å². The summed E-state index contributed by atoms with van der Waals surface area (Å²) in [7, 11) is 0. The second kappa shape index (κ2) is 6.91. The molecule has 0 radical (unpaired) electrons. The van der Waals surface area contributed by atoms with Crippen LogP contribution in [0.2, 0.25) is 0 Å². The number of amides is 1. The van der Waals surface area contributed by atoms with E-state index >= 15 is 0 Å². The summed E-state index contributed by atoms with van der Waals surface area (Å²) in [4.78, 5) is 14.2. The number of piperidine rings is 1. The molecule has 1 aromatic rings. The van der Waals surface area contributed by atoms with Crippen LogP contribution in [-0.2, 0) is 4.79 Å². The maximum Gasteiger partial charge on any atom is 0.238 e. The first-order chi connectivity index (χ1) is 9.95. The Bertz CT molecular complexity index is 494. The highest BCUT2D eigenvalue weighted by Crippen LogP contribution is 2.21. The molecule has 1 atom stereocenters. The molecule has 0 aliphatic carbocycles. The largest absolute Gasteiger partial charge is 0.398 e. The van der Waals surface area contributed by atoms with E-state index in [0.29, 0.717) is 18.2 Å². The van der Waals surface area contributed by atoms with Crippen LogP contribution in [-0.4, -0.2) is 41.7 Å². The molecule has 1 saturated heterocycles. The lowest BCUT2D eigenvalue weighted by Crippen LogP contribution is -2.41. The van der Waals surface area contributed by atoms with Crippen LogP contribution in [0.4, 0.5) is 11.4 Å². The zero-order valence-corrected chi connectivity index (χ0v) is 12.8. The van der Waals surface area contributed by atoms with Gasteiger partial charge < -0.3 is 16.2 Å². The van der Waals surface area contributed by atoms with Crippen molar-refractivity contribution in [3.63, 3.8) is 0 Å². The van der Waals surface area contributed by atoms with E-state index in [1.54, 1.807) is 6.07 Å². The molecule has 0 bridgehead atoms. The normalized spacial score (nSPS) is 18.4. The predicted molar refractivity (Wildman–Crippen MR) is 85.1 cm³/mol. The van der Waals surface area contributed by atoms with Crippen molar-refractivity contribution in [2.75, 3.05) is 30.7 Å². The molecule has 1 heterocycles. The van der Waals surface area contributed by atoms with Crippen molar-refractivity contribution in [3.8, 4) is 0 Å². The lowest BCUT2D eigenvalue weighted by Gasteiger charge is -2.32. The molecule has 0 saturated carbocycles. The number of likely N-dealkylation sites (tertiary alicyclic amines) is 1. The van der Waals surface area contributed by atoms with Gasteiger partial charge >= 0.3 is 0 Å². The number of rotatable bonds is 4. The molecular weight excluding hydrogens is 266 g/mol. The summed E-state index contributed by atoms with van der Waals surface area (Å²) in [5.74, 6) is 0.343. The number of nitrogens with zero attached hydrogens (tertiary/aromatic N) is 1. The van der Waals surface area contributed by atoms with Gasteiger partial charge in [-0.2, -0.15) is 0 Å². The fourth-order valence-electron chi connectivity index (χ4n) is 2.72. The predicted octanol–water partition coefficient (Wildman–Crippen LogP) is 1.61. The summed E-state index contributed by atoms with van der Waals surface area (Å²) in [5.41, 5.74) is 8.27. The van der Waals surface area contributed by atoms with Crippen molar-refractivity contribution >= 4 is 17.3 Å². The van der Waals surface area contributed by atoms with Gasteiger partial charge in [0, 0.05) is 11.4 Å². The lowest BCUT2D eigenvalue weighted by molar-refractivity contribution is -0.117. The number of nitrogens with one attached hydrogen (secondary N) is 1. The fourth-order valence-corrected chi connectivity index (χ4v) is 2.72. The zero-order chi connectivity index (χ0) is 15.4. The second-order valence-electron chi connectivity index (χ2n) is 5.97. The number of nitrogens with two attached hydrogens (primary N) is 1. The average molecular weight is 291 g/mol. The van der Waals surface area contributed by atoms with Gasteiger partial charge in [-0.15, -0.1) is 0 Å². The van der Waals surface area contributed by atoms with Crippen molar-refractivity contribution in [1.82, 2.24) is 4.90 Å². The maximum absolute atomic E-state index is 12.0. The summed E-state index contributed by atoms with van der Waals surface area (Å²) in [6.45, 7) is 5.89. The molecule has 1 aliphatic rings. The summed E-state index contributed by atoms with van der Waals surface area (Å²) in [6, 6.07) is 5.55. The number of anilines is 2. The minimum Gasteiger partial charge on any atom is -0.398 e. The highest BCUT2D eigenvalue weighted by molar-refractivity contribution is 5.92. The fraction of sp³-hybridized carbons (Fsp3) is 0.562. The minimum atomic E-state index is -0.253. The van der Waals surface area contributed by atoms with E-state index in [9.17, 15) is 9.90 Å². The van der Waals surface area contributed by atoms with Crippen molar-refractivity contribution < 1.29 is 9.90 Å². The first-order valence-corrected chi connectivity index (χ1v) is 7.52. The molecule has 4 N–H and O–H groups in total. The van der Waals surface area contributed by atoms with E-state index in [4.69, 9.17) is 5.73 Å². The quantitative estimate of drug-likeness (QED) is 0.736. The van der Waals surface area contributed by atoms with Crippen LogP contribution < -0.4 is 11.1 Å². The van der Waals surface area contributed by atoms with E-state index in [2.05, 4.69) is 10.2 Å². The van der Waals surface area contributed by atoms with Gasteiger partial charge in [0.05, 0.1) is 12.6 Å². The van der Waals surface area contributed by atoms with Crippen LogP contribution in [0, 0.1) is 12.8 Å². The average Bonchev–Trinajstić information content (AvgIpc) is 2.43. The molecule has 1 aliphatic heterocycles. The molecular formula is C16H25N3O2. The Labute approximate surface area is 126 Å². The topological polar surface area (TPSA) is 78.6 Å². The molecule has 1 unspecified atom stereocenters. The smallest absolute Gasteiger partial charge is 0.238 e. The SMILES string of the molecule is Cc1ccc(NC(=O)CN2CCC(C(C)O)CC2)cc1N. The third kappa shape index (κ3) is 4.44. The molecule has 1 aromatic carbocycles. The van der Waals surface area contributed by atoms with Crippen molar-refractivity contribution in [1.29, 1.82) is 0 Å². The van der Waals surface area contributed by atoms with E-state index < -0.39 is 0 Å². The summed E-state index contributed by atoms with van der Waals surface area (Å²) in [5, 5.41) is 12.5. The van der Waals surface area contributed by atoms with Crippen LogP contribution in [0.3, 0.4) is 0 Å². The Balaban J connectivity index is 1.81. The van der Waals surface area contributed by atoms with Crippen LogP contribution in [0.1, 0.15) is 25.3 Å².